The Morgan fingerprint density at radius 2 is 0.500 bits per heavy atom. The van der Waals surface area contributed by atoms with Gasteiger partial charge < -0.3 is 14.2 Å². The molecule has 0 aliphatic heterocycles. The van der Waals surface area contributed by atoms with Crippen LogP contribution in [0.1, 0.15) is 297 Å². The third-order valence-corrected chi connectivity index (χ3v) is 13.7. The summed E-state index contributed by atoms with van der Waals surface area (Å²) in [6.07, 6.45) is 91.2. The van der Waals surface area contributed by atoms with Gasteiger partial charge in [0.25, 0.3) is 0 Å². The Balaban J connectivity index is 4.11. The minimum atomic E-state index is -0.785. The summed E-state index contributed by atoms with van der Waals surface area (Å²) in [7, 11) is 0. The van der Waals surface area contributed by atoms with E-state index in [1.807, 2.05) is 0 Å². The Hall–Kier alpha value is -4.19. The molecule has 0 saturated heterocycles. The zero-order valence-corrected chi connectivity index (χ0v) is 50.9. The van der Waals surface area contributed by atoms with Crippen molar-refractivity contribution in [2.24, 2.45) is 0 Å². The van der Waals surface area contributed by atoms with Crippen molar-refractivity contribution in [3.05, 3.63) is 122 Å². The van der Waals surface area contributed by atoms with E-state index in [1.54, 1.807) is 0 Å². The molecule has 6 heteroatoms. The quantitative estimate of drug-likeness (QED) is 0.0261. The fourth-order valence-electron chi connectivity index (χ4n) is 8.88. The number of unbranched alkanes of at least 4 members (excludes halogenated alkanes) is 27. The molecule has 0 aromatic rings. The Kier molecular flexibility index (Phi) is 61.8. The van der Waals surface area contributed by atoms with Gasteiger partial charge in [0, 0.05) is 19.3 Å². The largest absolute Gasteiger partial charge is 0.462 e. The number of hydrogen-bond donors (Lipinski definition) is 0. The van der Waals surface area contributed by atoms with Gasteiger partial charge in [0.15, 0.2) is 6.10 Å². The minimum Gasteiger partial charge on any atom is -0.462 e. The van der Waals surface area contributed by atoms with Crippen molar-refractivity contribution in [1.29, 1.82) is 0 Å². The van der Waals surface area contributed by atoms with Crippen LogP contribution in [0.25, 0.3) is 0 Å². The van der Waals surface area contributed by atoms with Crippen LogP contribution in [0.4, 0.5) is 0 Å². The fourth-order valence-corrected chi connectivity index (χ4v) is 8.88. The highest BCUT2D eigenvalue weighted by atomic mass is 16.6. The fraction of sp³-hybridized carbons (Fsp3) is 0.681. The third kappa shape index (κ3) is 62.7. The average Bonchev–Trinajstić information content (AvgIpc) is 3.44. The first-order valence-corrected chi connectivity index (χ1v) is 32.5. The molecular formula is C72H120O6. The van der Waals surface area contributed by atoms with Gasteiger partial charge in [-0.25, -0.2) is 0 Å². The van der Waals surface area contributed by atoms with Crippen LogP contribution >= 0.6 is 0 Å². The molecule has 0 aliphatic rings. The highest BCUT2D eigenvalue weighted by molar-refractivity contribution is 5.71. The molecule has 1 unspecified atom stereocenters. The van der Waals surface area contributed by atoms with Crippen molar-refractivity contribution in [1.82, 2.24) is 0 Å². The van der Waals surface area contributed by atoms with Crippen LogP contribution in [0.5, 0.6) is 0 Å². The molecule has 0 amide bonds. The number of carbonyl (C=O) groups is 3. The Morgan fingerprint density at radius 1 is 0.269 bits per heavy atom. The molecule has 0 N–H and O–H groups in total. The SMILES string of the molecule is CC/C=C\C/C=C\C/C=C\C/C=C\C/C=C\C/C=C\C/C=C\C/C=C\C/C=C\C/C=C\CCCCCCC(=O)OCC(COC(=O)CCCCCCC)OC(=O)CCCCCCCCCCCCCCCCCCCCCC. The first-order chi connectivity index (χ1) is 38.5. The second-order valence-electron chi connectivity index (χ2n) is 21.3. The normalized spacial score (nSPS) is 12.9. The van der Waals surface area contributed by atoms with E-state index in [0.717, 1.165) is 141 Å². The molecular weight excluding hydrogens is 961 g/mol. The summed E-state index contributed by atoms with van der Waals surface area (Å²) in [6, 6.07) is 0. The Morgan fingerprint density at radius 3 is 0.782 bits per heavy atom. The van der Waals surface area contributed by atoms with Gasteiger partial charge in [-0.2, -0.15) is 0 Å². The van der Waals surface area contributed by atoms with Gasteiger partial charge in [-0.15, -0.1) is 0 Å². The molecule has 0 radical (unpaired) electrons. The molecule has 0 aromatic carbocycles. The number of rotatable bonds is 58. The zero-order valence-electron chi connectivity index (χ0n) is 50.9. The maximum atomic E-state index is 12.8. The number of carbonyl (C=O) groups excluding carboxylic acids is 3. The molecule has 6 nitrogen and oxygen atoms in total. The first kappa shape index (κ1) is 73.8. The monoisotopic (exact) mass is 1080 g/mol. The summed E-state index contributed by atoms with van der Waals surface area (Å²) >= 11 is 0. The van der Waals surface area contributed by atoms with Gasteiger partial charge >= 0.3 is 17.9 Å². The molecule has 0 saturated carbocycles. The van der Waals surface area contributed by atoms with E-state index in [1.165, 1.54) is 116 Å². The Bertz CT molecular complexity index is 1620. The van der Waals surface area contributed by atoms with Crippen LogP contribution in [0, 0.1) is 0 Å². The van der Waals surface area contributed by atoms with Crippen molar-refractivity contribution in [2.45, 2.75) is 303 Å². The van der Waals surface area contributed by atoms with Gasteiger partial charge in [0.05, 0.1) is 0 Å². The lowest BCUT2D eigenvalue weighted by Crippen LogP contribution is -2.30. The Labute approximate surface area is 482 Å². The van der Waals surface area contributed by atoms with Crippen LogP contribution in [0.2, 0.25) is 0 Å². The average molecular weight is 1080 g/mol. The van der Waals surface area contributed by atoms with Gasteiger partial charge in [-0.05, 0) is 96.3 Å². The third-order valence-electron chi connectivity index (χ3n) is 13.7. The second kappa shape index (κ2) is 65.3. The molecule has 444 valence electrons. The molecule has 1 atom stereocenters. The second-order valence-corrected chi connectivity index (χ2v) is 21.3. The van der Waals surface area contributed by atoms with E-state index < -0.39 is 6.10 Å². The van der Waals surface area contributed by atoms with E-state index in [9.17, 15) is 14.4 Å². The van der Waals surface area contributed by atoms with Crippen LogP contribution in [-0.4, -0.2) is 37.2 Å². The molecule has 0 aromatic heterocycles. The van der Waals surface area contributed by atoms with Crippen molar-refractivity contribution >= 4 is 17.9 Å². The van der Waals surface area contributed by atoms with Crippen LogP contribution in [0.3, 0.4) is 0 Å². The first-order valence-electron chi connectivity index (χ1n) is 32.5. The summed E-state index contributed by atoms with van der Waals surface area (Å²) in [5.41, 5.74) is 0. The van der Waals surface area contributed by atoms with Crippen LogP contribution in [0.15, 0.2) is 122 Å². The van der Waals surface area contributed by atoms with Gasteiger partial charge in [0.2, 0.25) is 0 Å². The van der Waals surface area contributed by atoms with Gasteiger partial charge in [0.1, 0.15) is 13.2 Å². The van der Waals surface area contributed by atoms with E-state index in [2.05, 4.69) is 142 Å². The van der Waals surface area contributed by atoms with Crippen LogP contribution < -0.4 is 0 Å². The lowest BCUT2D eigenvalue weighted by molar-refractivity contribution is -0.167. The van der Waals surface area contributed by atoms with E-state index >= 15 is 0 Å². The molecule has 0 bridgehead atoms. The highest BCUT2D eigenvalue weighted by Crippen LogP contribution is 2.16. The van der Waals surface area contributed by atoms with Crippen molar-refractivity contribution < 1.29 is 28.6 Å². The maximum absolute atomic E-state index is 12.8. The molecule has 0 fully saturated rings. The summed E-state index contributed by atoms with van der Waals surface area (Å²) < 4.78 is 16.7. The van der Waals surface area contributed by atoms with Gasteiger partial charge in [-0.1, -0.05) is 303 Å². The lowest BCUT2D eigenvalue weighted by Gasteiger charge is -2.18. The van der Waals surface area contributed by atoms with Crippen molar-refractivity contribution in [3.8, 4) is 0 Å². The summed E-state index contributed by atoms with van der Waals surface area (Å²) in [5, 5.41) is 0. The van der Waals surface area contributed by atoms with Gasteiger partial charge in [-0.3, -0.25) is 14.4 Å². The zero-order chi connectivity index (χ0) is 56.4. The smallest absolute Gasteiger partial charge is 0.306 e. The van der Waals surface area contributed by atoms with Crippen molar-refractivity contribution in [3.63, 3.8) is 0 Å². The van der Waals surface area contributed by atoms with Crippen molar-refractivity contribution in [2.75, 3.05) is 13.2 Å². The number of esters is 3. The summed E-state index contributed by atoms with van der Waals surface area (Å²) in [6.45, 7) is 6.44. The molecule has 0 heterocycles. The molecule has 0 rings (SSSR count). The minimum absolute atomic E-state index is 0.0858. The molecule has 0 aliphatic carbocycles. The van der Waals surface area contributed by atoms with E-state index in [-0.39, 0.29) is 31.1 Å². The predicted octanol–water partition coefficient (Wildman–Crippen LogP) is 22.4. The van der Waals surface area contributed by atoms with Crippen LogP contribution in [-0.2, 0) is 28.6 Å². The standard InChI is InChI=1S/C72H120O6/c1-4-7-10-13-15-17-19-21-23-25-27-29-30-31-32-33-34-35-36-37-38-39-40-41-42-43-45-46-48-50-52-54-56-59-62-65-71(74)77-68-69(67-76-70(73)64-61-58-12-9-6-3)78-72(75)66-63-60-57-55-53-51-49-47-44-28-26-24-22-20-18-16-14-11-8-5-2/h7,10,15,17,21,23,27,29,31-32,34-35,37-38,40-41,43,45,48,50,69H,4-6,8-9,11-14,16,18-20,22,24-26,28,30,33,36,39,42,44,46-47,49,51-68H2,1-3H3/b10-7-,17-15-,23-21-,29-27-,32-31-,35-34-,38-37-,41-40-,45-43-,50-48-. The number of ether oxygens (including phenoxy) is 3. The highest BCUT2D eigenvalue weighted by Gasteiger charge is 2.19. The number of allylic oxidation sites excluding steroid dienone is 20. The maximum Gasteiger partial charge on any atom is 0.306 e. The summed E-state index contributed by atoms with van der Waals surface area (Å²) in [4.78, 5) is 37.9. The number of hydrogen-bond acceptors (Lipinski definition) is 6. The lowest BCUT2D eigenvalue weighted by atomic mass is 10.0. The van der Waals surface area contributed by atoms with E-state index in [0.29, 0.717) is 19.3 Å². The predicted molar refractivity (Wildman–Crippen MR) is 339 cm³/mol. The molecule has 0 spiro atoms. The van der Waals surface area contributed by atoms with E-state index in [4.69, 9.17) is 14.2 Å². The summed E-state index contributed by atoms with van der Waals surface area (Å²) in [5.74, 6) is -0.919. The molecule has 78 heavy (non-hydrogen) atoms. The topological polar surface area (TPSA) is 78.9 Å².